The molecule has 1 fully saturated rings. The number of nitrogens with one attached hydrogen (secondary N) is 1. The highest BCUT2D eigenvalue weighted by molar-refractivity contribution is 6.13. The summed E-state index contributed by atoms with van der Waals surface area (Å²) in [6.45, 7) is 3.85. The molecule has 0 spiro atoms. The lowest BCUT2D eigenvalue weighted by Gasteiger charge is -2.08. The average molecular weight is 289 g/mol. The van der Waals surface area contributed by atoms with Crippen molar-refractivity contribution in [3.8, 4) is 0 Å². The van der Waals surface area contributed by atoms with E-state index in [0.717, 1.165) is 4.90 Å². The van der Waals surface area contributed by atoms with Gasteiger partial charge in [0.25, 0.3) is 11.6 Å². The van der Waals surface area contributed by atoms with E-state index in [1.807, 2.05) is 6.92 Å². The maximum Gasteiger partial charge on any atom is 0.329 e. The molecule has 0 unspecified atom stereocenters. The molecule has 0 saturated carbocycles. The fourth-order valence-corrected chi connectivity index (χ4v) is 2.08. The smallest absolute Gasteiger partial charge is 0.303 e. The summed E-state index contributed by atoms with van der Waals surface area (Å²) in [6.07, 6.45) is 2.12. The number of rotatable bonds is 4. The van der Waals surface area contributed by atoms with Gasteiger partial charge in [0.1, 0.15) is 5.70 Å². The van der Waals surface area contributed by atoms with Gasteiger partial charge in [0.05, 0.1) is 4.92 Å². The number of nitrogens with zero attached hydrogens (tertiary/aromatic N) is 2. The summed E-state index contributed by atoms with van der Waals surface area (Å²) in [5, 5.41) is 13.4. The van der Waals surface area contributed by atoms with E-state index in [4.69, 9.17) is 0 Å². The molecule has 0 radical (unpaired) electrons. The van der Waals surface area contributed by atoms with Crippen LogP contribution in [0.5, 0.6) is 0 Å². The van der Waals surface area contributed by atoms with E-state index in [9.17, 15) is 19.7 Å². The molecule has 7 nitrogen and oxygen atoms in total. The Morgan fingerprint density at radius 3 is 2.71 bits per heavy atom. The van der Waals surface area contributed by atoms with Crippen LogP contribution in [-0.4, -0.2) is 28.3 Å². The van der Waals surface area contributed by atoms with Gasteiger partial charge in [0.15, 0.2) is 0 Å². The number of urea groups is 1. The summed E-state index contributed by atoms with van der Waals surface area (Å²) < 4.78 is 0. The van der Waals surface area contributed by atoms with Gasteiger partial charge in [0, 0.05) is 18.2 Å². The molecule has 1 saturated heterocycles. The molecule has 1 aromatic rings. The second-order valence-corrected chi connectivity index (χ2v) is 4.75. The maximum absolute atomic E-state index is 12.0. The molecule has 110 valence electrons. The molecule has 21 heavy (non-hydrogen) atoms. The number of carbonyl (C=O) groups is 2. The average Bonchev–Trinajstić information content (AvgIpc) is 2.69. The van der Waals surface area contributed by atoms with E-state index in [-0.39, 0.29) is 11.4 Å². The van der Waals surface area contributed by atoms with Crippen LogP contribution in [0.15, 0.2) is 23.9 Å². The SMILES string of the molecule is CCCN1C(=O)N/C(=C/c2ccc(C)c([N+](=O)[O-])c2)C1=O. The van der Waals surface area contributed by atoms with Gasteiger partial charge in [-0.25, -0.2) is 4.79 Å². The van der Waals surface area contributed by atoms with Crippen LogP contribution in [0.3, 0.4) is 0 Å². The van der Waals surface area contributed by atoms with Crippen molar-refractivity contribution in [2.24, 2.45) is 0 Å². The zero-order valence-electron chi connectivity index (χ0n) is 11.8. The number of benzene rings is 1. The molecule has 0 bridgehead atoms. The van der Waals surface area contributed by atoms with Crippen molar-refractivity contribution in [1.29, 1.82) is 0 Å². The Morgan fingerprint density at radius 1 is 1.38 bits per heavy atom. The Labute approximate surface area is 121 Å². The number of imide groups is 1. The third-order valence-corrected chi connectivity index (χ3v) is 3.15. The first-order chi connectivity index (χ1) is 9.93. The van der Waals surface area contributed by atoms with Crippen LogP contribution in [0.1, 0.15) is 24.5 Å². The van der Waals surface area contributed by atoms with E-state index < -0.39 is 16.9 Å². The summed E-state index contributed by atoms with van der Waals surface area (Å²) in [4.78, 5) is 35.2. The molecular formula is C14H15N3O4. The second-order valence-electron chi connectivity index (χ2n) is 4.75. The molecule has 7 heteroatoms. The third-order valence-electron chi connectivity index (χ3n) is 3.15. The quantitative estimate of drug-likeness (QED) is 0.398. The van der Waals surface area contributed by atoms with E-state index in [1.165, 1.54) is 12.1 Å². The molecular weight excluding hydrogens is 274 g/mol. The molecule has 1 aliphatic heterocycles. The Bertz CT molecular complexity index is 652. The molecule has 2 rings (SSSR count). The fourth-order valence-electron chi connectivity index (χ4n) is 2.08. The van der Waals surface area contributed by atoms with E-state index in [2.05, 4.69) is 5.32 Å². The number of carbonyl (C=O) groups excluding carboxylic acids is 2. The van der Waals surface area contributed by atoms with Crippen LogP contribution >= 0.6 is 0 Å². The monoisotopic (exact) mass is 289 g/mol. The van der Waals surface area contributed by atoms with Crippen molar-refractivity contribution in [3.05, 3.63) is 45.1 Å². The first kappa shape index (κ1) is 14.7. The first-order valence-corrected chi connectivity index (χ1v) is 6.53. The minimum atomic E-state index is -0.476. The second kappa shape index (κ2) is 5.74. The van der Waals surface area contributed by atoms with Crippen molar-refractivity contribution in [2.75, 3.05) is 6.54 Å². The number of amides is 3. The first-order valence-electron chi connectivity index (χ1n) is 6.53. The van der Waals surface area contributed by atoms with Gasteiger partial charge in [-0.1, -0.05) is 19.1 Å². The number of nitro benzene ring substituents is 1. The number of hydrogen-bond acceptors (Lipinski definition) is 4. The van der Waals surface area contributed by atoms with Crippen molar-refractivity contribution in [3.63, 3.8) is 0 Å². The van der Waals surface area contributed by atoms with Gasteiger partial charge in [-0.3, -0.25) is 19.8 Å². The summed E-state index contributed by atoms with van der Waals surface area (Å²) in [5.74, 6) is -0.412. The van der Waals surface area contributed by atoms with Crippen LogP contribution in [0, 0.1) is 17.0 Å². The predicted molar refractivity (Wildman–Crippen MR) is 76.3 cm³/mol. The van der Waals surface area contributed by atoms with Crippen molar-refractivity contribution in [1.82, 2.24) is 10.2 Å². The van der Waals surface area contributed by atoms with Crippen LogP contribution in [0.4, 0.5) is 10.5 Å². The van der Waals surface area contributed by atoms with Gasteiger partial charge in [-0.15, -0.1) is 0 Å². The normalized spacial score (nSPS) is 16.5. The van der Waals surface area contributed by atoms with Crippen LogP contribution in [0.2, 0.25) is 0 Å². The van der Waals surface area contributed by atoms with Gasteiger partial charge >= 0.3 is 6.03 Å². The topological polar surface area (TPSA) is 92.6 Å². The standard InChI is InChI=1S/C14H15N3O4/c1-3-6-16-13(18)11(15-14(16)19)7-10-5-4-9(2)12(8-10)17(20)21/h4-5,7-8H,3,6H2,1-2H3,(H,15,19)/b11-7+. The molecule has 1 aromatic carbocycles. The van der Waals surface area contributed by atoms with Crippen LogP contribution in [0.25, 0.3) is 6.08 Å². The minimum Gasteiger partial charge on any atom is -0.303 e. The summed E-state index contributed by atoms with van der Waals surface area (Å²) >= 11 is 0. The van der Waals surface area contributed by atoms with Crippen LogP contribution in [-0.2, 0) is 4.79 Å². The van der Waals surface area contributed by atoms with Crippen molar-refractivity contribution < 1.29 is 14.5 Å². The number of nitro groups is 1. The summed E-state index contributed by atoms with van der Waals surface area (Å²) in [5.41, 5.74) is 1.14. The van der Waals surface area contributed by atoms with Gasteiger partial charge in [-0.2, -0.15) is 0 Å². The van der Waals surface area contributed by atoms with E-state index in [1.54, 1.807) is 19.1 Å². The Balaban J connectivity index is 2.33. The number of hydrogen-bond donors (Lipinski definition) is 1. The van der Waals surface area contributed by atoms with E-state index in [0.29, 0.717) is 24.1 Å². The predicted octanol–water partition coefficient (Wildman–Crippen LogP) is 2.21. The molecule has 1 heterocycles. The Morgan fingerprint density at radius 2 is 2.10 bits per heavy atom. The van der Waals surface area contributed by atoms with E-state index >= 15 is 0 Å². The molecule has 1 aliphatic rings. The highest BCUT2D eigenvalue weighted by atomic mass is 16.6. The lowest BCUT2D eigenvalue weighted by Crippen LogP contribution is -2.31. The third kappa shape index (κ3) is 2.91. The minimum absolute atomic E-state index is 0.0217. The Hall–Kier alpha value is -2.70. The van der Waals surface area contributed by atoms with Crippen molar-refractivity contribution >= 4 is 23.7 Å². The summed E-state index contributed by atoms with van der Waals surface area (Å²) in [6, 6.07) is 4.19. The molecule has 3 amide bonds. The van der Waals surface area contributed by atoms with Gasteiger partial charge in [0.2, 0.25) is 0 Å². The van der Waals surface area contributed by atoms with Gasteiger partial charge < -0.3 is 5.32 Å². The zero-order chi connectivity index (χ0) is 15.6. The number of aryl methyl sites for hydroxylation is 1. The lowest BCUT2D eigenvalue weighted by atomic mass is 10.1. The fraction of sp³-hybridized carbons (Fsp3) is 0.286. The molecule has 0 atom stereocenters. The molecule has 1 N–H and O–H groups in total. The molecule has 0 aliphatic carbocycles. The lowest BCUT2D eigenvalue weighted by molar-refractivity contribution is -0.385. The Kier molecular flexibility index (Phi) is 4.02. The summed E-state index contributed by atoms with van der Waals surface area (Å²) in [7, 11) is 0. The highest BCUT2D eigenvalue weighted by Crippen LogP contribution is 2.22. The van der Waals surface area contributed by atoms with Crippen molar-refractivity contribution in [2.45, 2.75) is 20.3 Å². The van der Waals surface area contributed by atoms with Gasteiger partial charge in [-0.05, 0) is 25.0 Å². The molecule has 0 aromatic heterocycles. The maximum atomic E-state index is 12.0. The zero-order valence-corrected chi connectivity index (χ0v) is 11.8. The largest absolute Gasteiger partial charge is 0.329 e. The van der Waals surface area contributed by atoms with Crippen LogP contribution < -0.4 is 5.32 Å². The highest BCUT2D eigenvalue weighted by Gasteiger charge is 2.32.